The van der Waals surface area contributed by atoms with Crippen molar-refractivity contribution in [2.45, 2.75) is 26.2 Å². The summed E-state index contributed by atoms with van der Waals surface area (Å²) in [5.41, 5.74) is 3.48. The molecule has 24 heavy (non-hydrogen) atoms. The highest BCUT2D eigenvalue weighted by molar-refractivity contribution is 5.93. The predicted molar refractivity (Wildman–Crippen MR) is 96.9 cm³/mol. The maximum atomic E-state index is 12.1. The van der Waals surface area contributed by atoms with E-state index in [4.69, 9.17) is 4.74 Å². The summed E-state index contributed by atoms with van der Waals surface area (Å²) in [7, 11) is 1.60. The van der Waals surface area contributed by atoms with Crippen LogP contribution in [0.5, 0.6) is 0 Å². The van der Waals surface area contributed by atoms with Gasteiger partial charge >= 0.3 is 0 Å². The summed E-state index contributed by atoms with van der Waals surface area (Å²) >= 11 is 0. The highest BCUT2D eigenvalue weighted by Gasteiger charge is 2.17. The van der Waals surface area contributed by atoms with Crippen LogP contribution in [0.3, 0.4) is 0 Å². The number of ether oxygens (including phenoxy) is 1. The van der Waals surface area contributed by atoms with Gasteiger partial charge in [-0.3, -0.25) is 9.78 Å². The van der Waals surface area contributed by atoms with Crippen molar-refractivity contribution in [1.82, 2.24) is 10.3 Å². The Morgan fingerprint density at radius 3 is 2.67 bits per heavy atom. The Kier molecular flexibility index (Phi) is 5.93. The van der Waals surface area contributed by atoms with Gasteiger partial charge in [0.25, 0.3) is 5.91 Å². The van der Waals surface area contributed by atoms with E-state index >= 15 is 0 Å². The molecule has 2 aromatic rings. The molecule has 0 aliphatic rings. The molecule has 0 aliphatic heterocycles. The number of amides is 1. The number of benzene rings is 1. The Bertz CT molecular complexity index is 693. The number of nitrogens with zero attached hydrogens (tertiary/aromatic N) is 1. The number of methoxy groups -OCH3 is 1. The molecule has 1 amide bonds. The van der Waals surface area contributed by atoms with Gasteiger partial charge in [-0.1, -0.05) is 39.0 Å². The zero-order valence-electron chi connectivity index (χ0n) is 14.7. The molecule has 0 saturated carbocycles. The maximum Gasteiger partial charge on any atom is 0.270 e. The normalized spacial score (nSPS) is 11.2. The van der Waals surface area contributed by atoms with E-state index in [1.165, 1.54) is 5.56 Å². The molecular weight excluding hydrogens is 302 g/mol. The zero-order chi connectivity index (χ0) is 17.6. The van der Waals surface area contributed by atoms with Crippen molar-refractivity contribution in [3.05, 3.63) is 53.9 Å². The van der Waals surface area contributed by atoms with E-state index in [1.54, 1.807) is 19.4 Å². The first-order valence-corrected chi connectivity index (χ1v) is 8.01. The van der Waals surface area contributed by atoms with Gasteiger partial charge in [0.1, 0.15) is 5.69 Å². The van der Waals surface area contributed by atoms with E-state index in [1.807, 2.05) is 24.3 Å². The first-order valence-electron chi connectivity index (χ1n) is 8.01. The van der Waals surface area contributed by atoms with Crippen molar-refractivity contribution in [2.24, 2.45) is 0 Å². The van der Waals surface area contributed by atoms with Crippen molar-refractivity contribution in [3.63, 3.8) is 0 Å². The molecule has 1 aromatic heterocycles. The van der Waals surface area contributed by atoms with Crippen LogP contribution in [0, 0.1) is 0 Å². The number of pyridine rings is 1. The first kappa shape index (κ1) is 17.9. The van der Waals surface area contributed by atoms with Crippen LogP contribution >= 0.6 is 0 Å². The fourth-order valence-electron chi connectivity index (χ4n) is 2.39. The highest BCUT2D eigenvalue weighted by Crippen LogP contribution is 2.31. The zero-order valence-corrected chi connectivity index (χ0v) is 14.7. The van der Waals surface area contributed by atoms with Gasteiger partial charge in [-0.05, 0) is 29.2 Å². The van der Waals surface area contributed by atoms with Crippen LogP contribution in [-0.4, -0.2) is 31.2 Å². The lowest BCUT2D eigenvalue weighted by Crippen LogP contribution is -2.27. The van der Waals surface area contributed by atoms with Crippen molar-refractivity contribution in [3.8, 4) is 0 Å². The summed E-state index contributed by atoms with van der Waals surface area (Å²) in [6, 6.07) is 11.8. The minimum atomic E-state index is -0.209. The highest BCUT2D eigenvalue weighted by atomic mass is 16.5. The Morgan fingerprint density at radius 2 is 1.96 bits per heavy atom. The Labute approximate surface area is 143 Å². The number of carbonyl (C=O) groups excluding carboxylic acids is 1. The summed E-state index contributed by atoms with van der Waals surface area (Å²) in [5, 5.41) is 6.17. The minimum Gasteiger partial charge on any atom is -0.383 e. The second-order valence-electron chi connectivity index (χ2n) is 6.60. The quantitative estimate of drug-likeness (QED) is 0.797. The molecule has 0 fully saturated rings. The van der Waals surface area contributed by atoms with Gasteiger partial charge in [-0.25, -0.2) is 0 Å². The second-order valence-corrected chi connectivity index (χ2v) is 6.60. The number of carbonyl (C=O) groups is 1. The van der Waals surface area contributed by atoms with Crippen LogP contribution < -0.4 is 10.6 Å². The molecule has 1 heterocycles. The predicted octanol–water partition coefficient (Wildman–Crippen LogP) is 3.50. The molecule has 0 bridgehead atoms. The standard InChI is InChI=1S/C19H25N3O2/c1-19(2,3)15-7-5-6-8-16(15)22-14-9-10-20-17(13-14)18(23)21-11-12-24-4/h5-10,13H,11-12H2,1-4H3,(H,20,22)(H,21,23). The van der Waals surface area contributed by atoms with Gasteiger partial charge < -0.3 is 15.4 Å². The summed E-state index contributed by atoms with van der Waals surface area (Å²) < 4.78 is 4.93. The molecule has 0 spiro atoms. The summed E-state index contributed by atoms with van der Waals surface area (Å²) in [6.07, 6.45) is 1.63. The molecule has 1 aromatic carbocycles. The van der Waals surface area contributed by atoms with Crippen LogP contribution in [0.4, 0.5) is 11.4 Å². The number of para-hydroxylation sites is 1. The number of hydrogen-bond donors (Lipinski definition) is 2. The maximum absolute atomic E-state index is 12.1. The molecule has 0 radical (unpaired) electrons. The summed E-state index contributed by atoms with van der Waals surface area (Å²) in [5.74, 6) is -0.209. The second kappa shape index (κ2) is 7.93. The summed E-state index contributed by atoms with van der Waals surface area (Å²) in [6.45, 7) is 7.46. The molecule has 128 valence electrons. The molecule has 0 aliphatic carbocycles. The van der Waals surface area contributed by atoms with Crippen molar-refractivity contribution in [2.75, 3.05) is 25.6 Å². The molecule has 0 unspecified atom stereocenters. The number of hydrogen-bond acceptors (Lipinski definition) is 4. The van der Waals surface area contributed by atoms with Crippen LogP contribution in [-0.2, 0) is 10.2 Å². The fraction of sp³-hybridized carbons (Fsp3) is 0.368. The Morgan fingerprint density at radius 1 is 1.21 bits per heavy atom. The lowest BCUT2D eigenvalue weighted by Gasteiger charge is -2.23. The van der Waals surface area contributed by atoms with E-state index in [2.05, 4.69) is 42.5 Å². The van der Waals surface area contributed by atoms with Gasteiger partial charge in [0.15, 0.2) is 0 Å². The van der Waals surface area contributed by atoms with Gasteiger partial charge in [0, 0.05) is 31.2 Å². The minimum absolute atomic E-state index is 0.0248. The van der Waals surface area contributed by atoms with Crippen LogP contribution in [0.2, 0.25) is 0 Å². The third-order valence-corrected chi connectivity index (χ3v) is 3.60. The van der Waals surface area contributed by atoms with Crippen LogP contribution in [0.25, 0.3) is 0 Å². The average Bonchev–Trinajstić information content (AvgIpc) is 2.55. The van der Waals surface area contributed by atoms with E-state index in [0.717, 1.165) is 11.4 Å². The lowest BCUT2D eigenvalue weighted by atomic mass is 9.86. The molecule has 0 atom stereocenters. The monoisotopic (exact) mass is 327 g/mol. The SMILES string of the molecule is COCCNC(=O)c1cc(Nc2ccccc2C(C)(C)C)ccn1. The number of rotatable bonds is 6. The summed E-state index contributed by atoms with van der Waals surface area (Å²) in [4.78, 5) is 16.2. The third-order valence-electron chi connectivity index (χ3n) is 3.60. The van der Waals surface area contributed by atoms with Gasteiger partial charge in [0.05, 0.1) is 6.61 Å². The van der Waals surface area contributed by atoms with Gasteiger partial charge in [-0.2, -0.15) is 0 Å². The molecular formula is C19H25N3O2. The van der Waals surface area contributed by atoms with E-state index < -0.39 is 0 Å². The number of anilines is 2. The fourth-order valence-corrected chi connectivity index (χ4v) is 2.39. The third kappa shape index (κ3) is 4.80. The lowest BCUT2D eigenvalue weighted by molar-refractivity contribution is 0.0932. The van der Waals surface area contributed by atoms with Crippen molar-refractivity contribution < 1.29 is 9.53 Å². The van der Waals surface area contributed by atoms with E-state index in [-0.39, 0.29) is 11.3 Å². The molecule has 0 saturated heterocycles. The Hall–Kier alpha value is -2.40. The van der Waals surface area contributed by atoms with Crippen molar-refractivity contribution >= 4 is 17.3 Å². The molecule has 5 heteroatoms. The first-order chi connectivity index (χ1) is 11.4. The Balaban J connectivity index is 2.17. The van der Waals surface area contributed by atoms with E-state index in [0.29, 0.717) is 18.8 Å². The van der Waals surface area contributed by atoms with Gasteiger partial charge in [0.2, 0.25) is 0 Å². The number of aromatic nitrogens is 1. The van der Waals surface area contributed by atoms with E-state index in [9.17, 15) is 4.79 Å². The van der Waals surface area contributed by atoms with Crippen LogP contribution in [0.15, 0.2) is 42.6 Å². The van der Waals surface area contributed by atoms with Crippen LogP contribution in [0.1, 0.15) is 36.8 Å². The number of nitrogens with one attached hydrogen (secondary N) is 2. The topological polar surface area (TPSA) is 63.2 Å². The molecule has 5 nitrogen and oxygen atoms in total. The largest absolute Gasteiger partial charge is 0.383 e. The average molecular weight is 327 g/mol. The van der Waals surface area contributed by atoms with Gasteiger partial charge in [-0.15, -0.1) is 0 Å². The molecule has 2 rings (SSSR count). The molecule has 2 N–H and O–H groups in total. The van der Waals surface area contributed by atoms with Crippen molar-refractivity contribution in [1.29, 1.82) is 0 Å². The smallest absolute Gasteiger partial charge is 0.270 e.